The lowest BCUT2D eigenvalue weighted by molar-refractivity contribution is -0.0533. The first-order chi connectivity index (χ1) is 12.5. The van der Waals surface area contributed by atoms with Gasteiger partial charge in [0.25, 0.3) is 5.56 Å². The highest BCUT2D eigenvalue weighted by molar-refractivity contribution is 7.98. The predicted molar refractivity (Wildman–Crippen MR) is 98.9 cm³/mol. The highest BCUT2D eigenvalue weighted by Crippen LogP contribution is 2.32. The van der Waals surface area contributed by atoms with Crippen LogP contribution in [0.25, 0.3) is 11.2 Å². The third kappa shape index (κ3) is 3.90. The van der Waals surface area contributed by atoms with Gasteiger partial charge < -0.3 is 19.5 Å². The van der Waals surface area contributed by atoms with E-state index in [2.05, 4.69) is 19.9 Å². The van der Waals surface area contributed by atoms with Crippen molar-refractivity contribution >= 4 is 35.2 Å². The van der Waals surface area contributed by atoms with Crippen LogP contribution in [0.4, 0.5) is 5.95 Å². The molecule has 1 fully saturated rings. The normalized spacial score (nSPS) is 23.3. The Balaban J connectivity index is 1.91. The lowest BCUT2D eigenvalue weighted by atomic mass is 10.2. The Kier molecular flexibility index (Phi) is 5.91. The zero-order chi connectivity index (χ0) is 18.7. The minimum absolute atomic E-state index is 0.144. The number of nitrogens with one attached hydrogen (secondary N) is 1. The predicted octanol–water partition coefficient (Wildman–Crippen LogP) is 0.326. The fourth-order valence-electron chi connectivity index (χ4n) is 2.72. The molecule has 1 aliphatic heterocycles. The Hall–Kier alpha value is -1.95. The largest absolute Gasteiger partial charge is 0.394 e. The number of fused-ring (bicyclic) bond motifs is 1. The highest BCUT2D eigenvalue weighted by Gasteiger charge is 2.37. The van der Waals surface area contributed by atoms with Crippen molar-refractivity contribution in [3.63, 3.8) is 0 Å². The number of aromatic amines is 1. The Morgan fingerprint density at radius 3 is 3.12 bits per heavy atom. The number of aliphatic hydroxyl groups is 1. The van der Waals surface area contributed by atoms with Gasteiger partial charge in [-0.25, -0.2) is 9.98 Å². The van der Waals surface area contributed by atoms with Gasteiger partial charge in [0.15, 0.2) is 11.2 Å². The molecule has 1 aliphatic rings. The summed E-state index contributed by atoms with van der Waals surface area (Å²) in [5.41, 5.74) is 0.227. The van der Waals surface area contributed by atoms with Crippen molar-refractivity contribution in [2.24, 2.45) is 4.99 Å². The van der Waals surface area contributed by atoms with Crippen LogP contribution in [0.15, 0.2) is 16.1 Å². The van der Waals surface area contributed by atoms with E-state index in [-0.39, 0.29) is 29.7 Å². The summed E-state index contributed by atoms with van der Waals surface area (Å²) in [6.45, 7) is -0.144. The van der Waals surface area contributed by atoms with Crippen molar-refractivity contribution in [3.8, 4) is 0 Å². The molecule has 1 saturated heterocycles. The number of hydrogen-bond acceptors (Lipinski definition) is 8. The Bertz CT molecular complexity index is 835. The maximum Gasteiger partial charge on any atom is 0.280 e. The van der Waals surface area contributed by atoms with Crippen molar-refractivity contribution in [2.45, 2.75) is 24.9 Å². The average molecular weight is 382 g/mol. The van der Waals surface area contributed by atoms with Crippen LogP contribution in [-0.4, -0.2) is 81.0 Å². The Morgan fingerprint density at radius 2 is 2.42 bits per heavy atom. The lowest BCUT2D eigenvalue weighted by Crippen LogP contribution is -2.27. The molecule has 0 amide bonds. The summed E-state index contributed by atoms with van der Waals surface area (Å²) in [6, 6.07) is 0. The number of rotatable bonds is 7. The Morgan fingerprint density at radius 1 is 1.62 bits per heavy atom. The molecular weight excluding hydrogens is 360 g/mol. The standard InChI is InChI=1S/C15H22N6O4S/c1-20(2)6-17-15-18-13-12(14(23)19-15)16-7-21(13)11-4-9(24-8-26-3)10(5-22)25-11/h6-7,9-11,22H,4-5,8H2,1-3H3,(H,18,19,23)/b17-6-/t9?,10-,11-/m1/s1. The maximum atomic E-state index is 12.2. The van der Waals surface area contributed by atoms with Crippen LogP contribution in [-0.2, 0) is 9.47 Å². The fraction of sp³-hybridized carbons (Fsp3) is 0.600. The van der Waals surface area contributed by atoms with Crippen LogP contribution in [0, 0.1) is 0 Å². The summed E-state index contributed by atoms with van der Waals surface area (Å²) in [6.07, 6.45) is 4.44. The molecule has 3 heterocycles. The monoisotopic (exact) mass is 382 g/mol. The summed E-state index contributed by atoms with van der Waals surface area (Å²) in [5, 5.41) is 9.54. The number of aromatic nitrogens is 4. The van der Waals surface area contributed by atoms with Crippen LogP contribution in [0.3, 0.4) is 0 Å². The number of aliphatic hydroxyl groups excluding tert-OH is 1. The van der Waals surface area contributed by atoms with Crippen molar-refractivity contribution in [1.82, 2.24) is 24.4 Å². The topological polar surface area (TPSA) is 118 Å². The number of thioether (sulfide) groups is 1. The third-order valence-electron chi connectivity index (χ3n) is 3.90. The van der Waals surface area contributed by atoms with Gasteiger partial charge in [0, 0.05) is 20.5 Å². The molecule has 0 bridgehead atoms. The van der Waals surface area contributed by atoms with Gasteiger partial charge in [-0.3, -0.25) is 14.3 Å². The van der Waals surface area contributed by atoms with Crippen LogP contribution in [0.2, 0.25) is 0 Å². The van der Waals surface area contributed by atoms with Crippen molar-refractivity contribution in [2.75, 3.05) is 32.9 Å². The van der Waals surface area contributed by atoms with E-state index in [4.69, 9.17) is 9.47 Å². The van der Waals surface area contributed by atoms with Crippen molar-refractivity contribution in [1.29, 1.82) is 0 Å². The van der Waals surface area contributed by atoms with Crippen LogP contribution in [0.1, 0.15) is 12.6 Å². The number of ether oxygens (including phenoxy) is 2. The first kappa shape index (κ1) is 18.8. The molecule has 2 N–H and O–H groups in total. The van der Waals surface area contributed by atoms with Gasteiger partial charge in [0.05, 0.1) is 31.3 Å². The summed E-state index contributed by atoms with van der Waals surface area (Å²) in [7, 11) is 3.64. The molecule has 2 aromatic heterocycles. The lowest BCUT2D eigenvalue weighted by Gasteiger charge is -2.15. The van der Waals surface area contributed by atoms with E-state index in [0.29, 0.717) is 18.0 Å². The van der Waals surface area contributed by atoms with Gasteiger partial charge in [-0.2, -0.15) is 4.98 Å². The summed E-state index contributed by atoms with van der Waals surface area (Å²) in [5.74, 6) is 0.702. The van der Waals surface area contributed by atoms with E-state index >= 15 is 0 Å². The number of imidazole rings is 1. The number of aliphatic imine (C=N–C) groups is 1. The van der Waals surface area contributed by atoms with Gasteiger partial charge in [-0.1, -0.05) is 0 Å². The minimum Gasteiger partial charge on any atom is -0.394 e. The van der Waals surface area contributed by atoms with Gasteiger partial charge in [0.1, 0.15) is 12.3 Å². The van der Waals surface area contributed by atoms with Gasteiger partial charge in [0.2, 0.25) is 5.95 Å². The van der Waals surface area contributed by atoms with E-state index in [1.54, 1.807) is 27.6 Å². The second kappa shape index (κ2) is 8.16. The van der Waals surface area contributed by atoms with Gasteiger partial charge in [-0.15, -0.1) is 11.8 Å². The molecule has 0 saturated carbocycles. The molecule has 3 rings (SSSR count). The molecule has 10 nitrogen and oxygen atoms in total. The van der Waals surface area contributed by atoms with E-state index in [1.165, 1.54) is 6.33 Å². The Labute approximate surface area is 154 Å². The van der Waals surface area contributed by atoms with E-state index in [9.17, 15) is 9.90 Å². The summed E-state index contributed by atoms with van der Waals surface area (Å²) < 4.78 is 13.3. The smallest absolute Gasteiger partial charge is 0.280 e. The number of nitrogens with zero attached hydrogens (tertiary/aromatic N) is 5. The summed E-state index contributed by atoms with van der Waals surface area (Å²) >= 11 is 1.56. The van der Waals surface area contributed by atoms with Gasteiger partial charge in [-0.05, 0) is 6.26 Å². The van der Waals surface area contributed by atoms with E-state index in [1.807, 2.05) is 20.4 Å². The van der Waals surface area contributed by atoms with Crippen molar-refractivity contribution < 1.29 is 14.6 Å². The molecule has 0 aliphatic carbocycles. The minimum atomic E-state index is -0.433. The zero-order valence-corrected chi connectivity index (χ0v) is 15.6. The first-order valence-electron chi connectivity index (χ1n) is 8.07. The van der Waals surface area contributed by atoms with Crippen LogP contribution < -0.4 is 5.56 Å². The molecule has 0 radical (unpaired) electrons. The number of hydrogen-bond donors (Lipinski definition) is 2. The fourth-order valence-corrected chi connectivity index (χ4v) is 3.03. The molecule has 2 aromatic rings. The molecule has 26 heavy (non-hydrogen) atoms. The SMILES string of the molecule is CSCOC1C[C@H](n2cnc3c(=O)[nH]c(/N=C\N(C)C)nc32)O[C@@H]1CO. The average Bonchev–Trinajstić information content (AvgIpc) is 3.21. The molecule has 11 heteroatoms. The molecule has 0 spiro atoms. The van der Waals surface area contributed by atoms with Gasteiger partial charge >= 0.3 is 0 Å². The molecule has 142 valence electrons. The highest BCUT2D eigenvalue weighted by atomic mass is 32.2. The second-order valence-electron chi connectivity index (χ2n) is 6.08. The molecule has 3 atom stereocenters. The molecule has 1 unspecified atom stereocenters. The summed E-state index contributed by atoms with van der Waals surface area (Å²) in [4.78, 5) is 29.2. The molecule has 0 aromatic carbocycles. The van der Waals surface area contributed by atoms with E-state index < -0.39 is 12.3 Å². The van der Waals surface area contributed by atoms with E-state index in [0.717, 1.165) is 0 Å². The van der Waals surface area contributed by atoms with Crippen LogP contribution >= 0.6 is 11.8 Å². The quantitative estimate of drug-likeness (QED) is 0.399. The first-order valence-corrected chi connectivity index (χ1v) is 9.47. The van der Waals surface area contributed by atoms with Crippen molar-refractivity contribution in [3.05, 3.63) is 16.7 Å². The van der Waals surface area contributed by atoms with Crippen LogP contribution in [0.5, 0.6) is 0 Å². The zero-order valence-electron chi connectivity index (χ0n) is 14.8. The second-order valence-corrected chi connectivity index (χ2v) is 6.89. The number of H-pyrrole nitrogens is 1. The third-order valence-corrected chi connectivity index (χ3v) is 4.27. The maximum absolute atomic E-state index is 12.2. The molecular formula is C15H22N6O4S.